The number of halogens is 2. The Balaban J connectivity index is 2.27. The van der Waals surface area contributed by atoms with Gasteiger partial charge in [0.1, 0.15) is 0 Å². The third kappa shape index (κ3) is 2.49. The number of rotatable bonds is 3. The monoisotopic (exact) mass is 240 g/mol. The maximum atomic E-state index is 13.4. The van der Waals surface area contributed by atoms with Crippen molar-refractivity contribution >= 4 is 0 Å². The highest BCUT2D eigenvalue weighted by Crippen LogP contribution is 2.33. The molecule has 0 bridgehead atoms. The standard InChI is InChI=1S/C14H18F2O/c1-3-10-4-5-12-9-13(14(15,16)17-2)7-6-11(12)8-10/h6-7,9-10H,3-5,8H2,1-2H3. The Hall–Kier alpha value is -0.960. The number of ether oxygens (including phenoxy) is 1. The average molecular weight is 240 g/mol. The molecule has 1 aliphatic carbocycles. The Morgan fingerprint density at radius 1 is 1.35 bits per heavy atom. The van der Waals surface area contributed by atoms with Crippen LogP contribution in [0.1, 0.15) is 36.5 Å². The third-order valence-corrected chi connectivity index (χ3v) is 3.71. The van der Waals surface area contributed by atoms with Gasteiger partial charge in [0, 0.05) is 7.11 Å². The minimum absolute atomic E-state index is 0.0336. The molecule has 3 heteroatoms. The molecule has 0 saturated carbocycles. The predicted octanol–water partition coefficient (Wildman–Crippen LogP) is 3.90. The van der Waals surface area contributed by atoms with E-state index in [-0.39, 0.29) is 5.56 Å². The fraction of sp³-hybridized carbons (Fsp3) is 0.571. The van der Waals surface area contributed by atoms with Gasteiger partial charge in [-0.2, -0.15) is 8.78 Å². The normalized spacial score (nSPS) is 20.1. The van der Waals surface area contributed by atoms with Gasteiger partial charge in [-0.05, 0) is 42.4 Å². The van der Waals surface area contributed by atoms with E-state index in [1.807, 2.05) is 6.07 Å². The minimum Gasteiger partial charge on any atom is -0.320 e. The highest BCUT2D eigenvalue weighted by atomic mass is 19.3. The van der Waals surface area contributed by atoms with E-state index >= 15 is 0 Å². The summed E-state index contributed by atoms with van der Waals surface area (Å²) in [5, 5.41) is 0. The second-order valence-electron chi connectivity index (χ2n) is 4.72. The first-order valence-corrected chi connectivity index (χ1v) is 6.12. The number of methoxy groups -OCH3 is 1. The molecule has 0 aliphatic heterocycles. The van der Waals surface area contributed by atoms with Crippen LogP contribution in [-0.4, -0.2) is 7.11 Å². The van der Waals surface area contributed by atoms with Crippen molar-refractivity contribution in [2.45, 2.75) is 38.7 Å². The van der Waals surface area contributed by atoms with Crippen LogP contribution in [0.2, 0.25) is 0 Å². The summed E-state index contributed by atoms with van der Waals surface area (Å²) in [6.07, 6.45) is 1.02. The van der Waals surface area contributed by atoms with Gasteiger partial charge in [0.15, 0.2) is 0 Å². The molecule has 0 N–H and O–H groups in total. The number of alkyl halides is 2. The lowest BCUT2D eigenvalue weighted by Crippen LogP contribution is -2.18. The number of aryl methyl sites for hydroxylation is 1. The van der Waals surface area contributed by atoms with Crippen molar-refractivity contribution in [2.75, 3.05) is 7.11 Å². The summed E-state index contributed by atoms with van der Waals surface area (Å²) in [4.78, 5) is 0. The first kappa shape index (κ1) is 12.5. The molecule has 1 aliphatic rings. The van der Waals surface area contributed by atoms with Crippen molar-refractivity contribution < 1.29 is 13.5 Å². The Morgan fingerprint density at radius 2 is 2.12 bits per heavy atom. The van der Waals surface area contributed by atoms with Gasteiger partial charge in [0.05, 0.1) is 5.56 Å². The van der Waals surface area contributed by atoms with E-state index in [1.54, 1.807) is 6.07 Å². The van der Waals surface area contributed by atoms with E-state index in [1.165, 1.54) is 11.6 Å². The molecule has 1 atom stereocenters. The Bertz CT molecular complexity index is 401. The maximum Gasteiger partial charge on any atom is 0.383 e. The molecule has 1 aromatic carbocycles. The molecule has 1 aromatic rings. The zero-order valence-electron chi connectivity index (χ0n) is 10.3. The largest absolute Gasteiger partial charge is 0.383 e. The van der Waals surface area contributed by atoms with Gasteiger partial charge in [-0.25, -0.2) is 0 Å². The Kier molecular flexibility index (Phi) is 3.48. The first-order valence-electron chi connectivity index (χ1n) is 6.12. The molecule has 0 aromatic heterocycles. The van der Waals surface area contributed by atoms with Gasteiger partial charge in [0.25, 0.3) is 0 Å². The van der Waals surface area contributed by atoms with E-state index in [9.17, 15) is 8.78 Å². The molecule has 0 fully saturated rings. The number of fused-ring (bicyclic) bond motifs is 1. The molecule has 1 nitrogen and oxygen atoms in total. The second-order valence-corrected chi connectivity index (χ2v) is 4.72. The summed E-state index contributed by atoms with van der Waals surface area (Å²) in [5.74, 6) is 0.705. The molecule has 0 saturated heterocycles. The maximum absolute atomic E-state index is 13.4. The third-order valence-electron chi connectivity index (χ3n) is 3.71. The lowest BCUT2D eigenvalue weighted by Gasteiger charge is -2.25. The lowest BCUT2D eigenvalue weighted by molar-refractivity contribution is -0.231. The molecule has 0 heterocycles. The molecule has 0 radical (unpaired) electrons. The molecule has 1 unspecified atom stereocenters. The number of benzene rings is 1. The van der Waals surface area contributed by atoms with Crippen molar-refractivity contribution in [3.05, 3.63) is 34.9 Å². The lowest BCUT2D eigenvalue weighted by atomic mass is 9.82. The summed E-state index contributed by atoms with van der Waals surface area (Å²) in [6, 6.07) is 4.92. The van der Waals surface area contributed by atoms with Crippen LogP contribution in [0.3, 0.4) is 0 Å². The van der Waals surface area contributed by atoms with Crippen molar-refractivity contribution in [1.29, 1.82) is 0 Å². The van der Waals surface area contributed by atoms with Crippen molar-refractivity contribution in [1.82, 2.24) is 0 Å². The zero-order valence-corrected chi connectivity index (χ0v) is 10.3. The molecule has 0 spiro atoms. The van der Waals surface area contributed by atoms with E-state index in [4.69, 9.17) is 0 Å². The summed E-state index contributed by atoms with van der Waals surface area (Å²) in [5.41, 5.74) is 2.25. The highest BCUT2D eigenvalue weighted by Gasteiger charge is 2.32. The first-order chi connectivity index (χ1) is 8.06. The second kappa shape index (κ2) is 4.73. The fourth-order valence-corrected chi connectivity index (χ4v) is 2.48. The van der Waals surface area contributed by atoms with Crippen molar-refractivity contribution in [3.8, 4) is 0 Å². The van der Waals surface area contributed by atoms with Crippen LogP contribution in [0.5, 0.6) is 0 Å². The van der Waals surface area contributed by atoms with Crippen molar-refractivity contribution in [2.24, 2.45) is 5.92 Å². The highest BCUT2D eigenvalue weighted by molar-refractivity contribution is 5.35. The zero-order chi connectivity index (χ0) is 12.5. The summed E-state index contributed by atoms with van der Waals surface area (Å²) in [6.45, 7) is 2.18. The Morgan fingerprint density at radius 3 is 2.76 bits per heavy atom. The van der Waals surface area contributed by atoms with Crippen LogP contribution in [0.15, 0.2) is 18.2 Å². The van der Waals surface area contributed by atoms with Gasteiger partial charge >= 0.3 is 6.11 Å². The average Bonchev–Trinajstić information content (AvgIpc) is 2.37. The van der Waals surface area contributed by atoms with Gasteiger partial charge in [-0.3, -0.25) is 0 Å². The van der Waals surface area contributed by atoms with Gasteiger partial charge in [0.2, 0.25) is 0 Å². The van der Waals surface area contributed by atoms with E-state index in [2.05, 4.69) is 11.7 Å². The summed E-state index contributed by atoms with van der Waals surface area (Å²) >= 11 is 0. The van der Waals surface area contributed by atoms with Crippen LogP contribution in [0.4, 0.5) is 8.78 Å². The molecule has 94 valence electrons. The molecular weight excluding hydrogens is 222 g/mol. The van der Waals surface area contributed by atoms with Gasteiger partial charge < -0.3 is 4.74 Å². The fourth-order valence-electron chi connectivity index (χ4n) is 2.48. The number of hydrogen-bond acceptors (Lipinski definition) is 1. The quantitative estimate of drug-likeness (QED) is 0.778. The minimum atomic E-state index is -3.17. The molecular formula is C14H18F2O. The SMILES string of the molecule is CCC1CCc2cc(C(F)(F)OC)ccc2C1. The Labute approximate surface area is 101 Å². The van der Waals surface area contributed by atoms with Crippen molar-refractivity contribution in [3.63, 3.8) is 0 Å². The van der Waals surface area contributed by atoms with Crippen LogP contribution in [0.25, 0.3) is 0 Å². The van der Waals surface area contributed by atoms with Gasteiger partial charge in [-0.15, -0.1) is 0 Å². The van der Waals surface area contributed by atoms with Crippen LogP contribution in [0, 0.1) is 5.92 Å². The van der Waals surface area contributed by atoms with E-state index < -0.39 is 6.11 Å². The van der Waals surface area contributed by atoms with E-state index in [0.29, 0.717) is 5.92 Å². The topological polar surface area (TPSA) is 9.23 Å². The predicted molar refractivity (Wildman–Crippen MR) is 63.2 cm³/mol. The molecule has 17 heavy (non-hydrogen) atoms. The smallest absolute Gasteiger partial charge is 0.320 e. The van der Waals surface area contributed by atoms with Gasteiger partial charge in [-0.1, -0.05) is 25.5 Å². The van der Waals surface area contributed by atoms with E-state index in [0.717, 1.165) is 38.4 Å². The summed E-state index contributed by atoms with van der Waals surface area (Å²) < 4.78 is 31.0. The summed E-state index contributed by atoms with van der Waals surface area (Å²) in [7, 11) is 1.03. The van der Waals surface area contributed by atoms with Crippen LogP contribution in [-0.2, 0) is 23.7 Å². The number of hydrogen-bond donors (Lipinski definition) is 0. The van der Waals surface area contributed by atoms with Crippen LogP contribution < -0.4 is 0 Å². The molecule has 2 rings (SSSR count). The molecule has 0 amide bonds. The van der Waals surface area contributed by atoms with Crippen LogP contribution >= 0.6 is 0 Å².